The lowest BCUT2D eigenvalue weighted by Gasteiger charge is -2.27. The van der Waals surface area contributed by atoms with E-state index < -0.39 is 0 Å². The maximum absolute atomic E-state index is 12.5. The monoisotopic (exact) mass is 303 g/mol. The van der Waals surface area contributed by atoms with Crippen molar-refractivity contribution in [2.75, 3.05) is 14.1 Å². The summed E-state index contributed by atoms with van der Waals surface area (Å²) in [5, 5.41) is 10.6. The molecule has 1 aromatic rings. The third-order valence-electron chi connectivity index (χ3n) is 3.57. The molecule has 22 heavy (non-hydrogen) atoms. The molecule has 1 aromatic carbocycles. The first-order valence-electron chi connectivity index (χ1n) is 7.61. The molecule has 0 aliphatic carbocycles. The summed E-state index contributed by atoms with van der Waals surface area (Å²) in [5.41, 5.74) is 1.91. The van der Waals surface area contributed by atoms with Gasteiger partial charge in [-0.25, -0.2) is 0 Å². The van der Waals surface area contributed by atoms with Crippen LogP contribution in [0.25, 0.3) is 0 Å². The average Bonchev–Trinajstić information content (AvgIpc) is 2.33. The van der Waals surface area contributed by atoms with Crippen LogP contribution in [0, 0.1) is 0 Å². The van der Waals surface area contributed by atoms with E-state index in [1.54, 1.807) is 11.1 Å². The maximum Gasteiger partial charge on any atom is 0.191 e. The Labute approximate surface area is 134 Å². The number of nitrogens with zero attached hydrogens (tertiary/aromatic N) is 1. The normalized spacial score (nSPS) is 12.7. The minimum absolute atomic E-state index is 0.0893. The first-order valence-corrected chi connectivity index (χ1v) is 7.61. The molecule has 122 valence electrons. The van der Waals surface area contributed by atoms with E-state index >= 15 is 0 Å². The number of carbonyl (C=O) groups is 1. The highest BCUT2D eigenvalue weighted by molar-refractivity contribution is 6.07. The van der Waals surface area contributed by atoms with Crippen molar-refractivity contribution in [2.45, 2.75) is 52.4 Å². The van der Waals surface area contributed by atoms with Crippen molar-refractivity contribution in [3.05, 3.63) is 41.1 Å². The molecule has 0 saturated carbocycles. The lowest BCUT2D eigenvalue weighted by molar-refractivity contribution is 0.104. The summed E-state index contributed by atoms with van der Waals surface area (Å²) >= 11 is 0. The number of ketones is 1. The van der Waals surface area contributed by atoms with Crippen LogP contribution in [-0.4, -0.2) is 29.9 Å². The predicted molar refractivity (Wildman–Crippen MR) is 92.7 cm³/mol. The van der Waals surface area contributed by atoms with Crippen LogP contribution in [-0.2, 0) is 10.8 Å². The van der Waals surface area contributed by atoms with E-state index in [4.69, 9.17) is 0 Å². The molecule has 0 heterocycles. The number of benzene rings is 1. The Morgan fingerprint density at radius 3 is 2.00 bits per heavy atom. The van der Waals surface area contributed by atoms with Gasteiger partial charge in [0.1, 0.15) is 5.75 Å². The number of phenolic OH excluding ortho intramolecular Hbond substituents is 1. The zero-order valence-electron chi connectivity index (χ0n) is 15.1. The number of allylic oxidation sites excluding steroid dienone is 1. The van der Waals surface area contributed by atoms with Crippen molar-refractivity contribution in [1.82, 2.24) is 4.90 Å². The Morgan fingerprint density at radius 1 is 1.05 bits per heavy atom. The Morgan fingerprint density at radius 2 is 1.59 bits per heavy atom. The summed E-state index contributed by atoms with van der Waals surface area (Å²) in [4.78, 5) is 14.3. The van der Waals surface area contributed by atoms with E-state index in [0.29, 0.717) is 5.56 Å². The molecule has 0 spiro atoms. The lowest BCUT2D eigenvalue weighted by atomic mass is 9.78. The number of aromatic hydroxyl groups is 1. The van der Waals surface area contributed by atoms with Crippen LogP contribution in [0.4, 0.5) is 0 Å². The van der Waals surface area contributed by atoms with Crippen molar-refractivity contribution in [1.29, 1.82) is 0 Å². The highest BCUT2D eigenvalue weighted by Gasteiger charge is 2.26. The Kier molecular flexibility index (Phi) is 5.11. The summed E-state index contributed by atoms with van der Waals surface area (Å²) < 4.78 is 0. The van der Waals surface area contributed by atoms with Crippen molar-refractivity contribution in [2.24, 2.45) is 0 Å². The summed E-state index contributed by atoms with van der Waals surface area (Å²) in [6, 6.07) is 3.83. The van der Waals surface area contributed by atoms with Crippen LogP contribution in [0.1, 0.15) is 63.0 Å². The Bertz CT molecular complexity index is 585. The van der Waals surface area contributed by atoms with Gasteiger partial charge < -0.3 is 10.0 Å². The van der Waals surface area contributed by atoms with Gasteiger partial charge in [0.05, 0.1) is 5.56 Å². The second-order valence-electron chi connectivity index (χ2n) is 8.06. The zero-order chi connectivity index (χ0) is 17.3. The quantitative estimate of drug-likeness (QED) is 0.670. The topological polar surface area (TPSA) is 40.5 Å². The van der Waals surface area contributed by atoms with Gasteiger partial charge >= 0.3 is 0 Å². The van der Waals surface area contributed by atoms with Crippen LogP contribution >= 0.6 is 0 Å². The van der Waals surface area contributed by atoms with Crippen LogP contribution in [0.15, 0.2) is 24.4 Å². The number of hydrogen-bond donors (Lipinski definition) is 1. The second-order valence-corrected chi connectivity index (χ2v) is 8.06. The molecular formula is C19H29NO2. The lowest BCUT2D eigenvalue weighted by Crippen LogP contribution is -2.18. The van der Waals surface area contributed by atoms with E-state index in [9.17, 15) is 9.90 Å². The molecule has 0 amide bonds. The number of phenols is 1. The van der Waals surface area contributed by atoms with Crippen LogP contribution < -0.4 is 0 Å². The average molecular weight is 303 g/mol. The molecule has 1 rings (SSSR count). The summed E-state index contributed by atoms with van der Waals surface area (Å²) in [6.07, 6.45) is 3.19. The summed E-state index contributed by atoms with van der Waals surface area (Å²) in [5.74, 6) is -0.0864. The molecule has 0 saturated heterocycles. The van der Waals surface area contributed by atoms with Gasteiger partial charge in [0.25, 0.3) is 0 Å². The number of hydrogen-bond acceptors (Lipinski definition) is 3. The molecule has 0 atom stereocenters. The minimum atomic E-state index is -0.231. The molecule has 0 radical (unpaired) electrons. The fourth-order valence-corrected chi connectivity index (χ4v) is 2.13. The van der Waals surface area contributed by atoms with Crippen LogP contribution in [0.5, 0.6) is 5.75 Å². The third-order valence-corrected chi connectivity index (χ3v) is 3.57. The second kappa shape index (κ2) is 6.15. The van der Waals surface area contributed by atoms with Crippen LogP contribution in [0.2, 0.25) is 0 Å². The van der Waals surface area contributed by atoms with Crippen LogP contribution in [0.3, 0.4) is 0 Å². The van der Waals surface area contributed by atoms with Crippen molar-refractivity contribution >= 4 is 5.78 Å². The standard InChI is InChI=1S/C19H29NO2/c1-18(2,3)13-11-14(16(21)9-10-20(7)8)17(22)15(12-13)19(4,5)6/h9-12,22H,1-8H3/b10-9+. The van der Waals surface area contributed by atoms with Gasteiger partial charge in [-0.2, -0.15) is 0 Å². The van der Waals surface area contributed by atoms with Gasteiger partial charge in [0, 0.05) is 31.9 Å². The van der Waals surface area contributed by atoms with Crippen molar-refractivity contribution in [3.8, 4) is 5.75 Å². The van der Waals surface area contributed by atoms with Gasteiger partial charge in [-0.3, -0.25) is 4.79 Å². The first-order chi connectivity index (χ1) is 9.84. The number of rotatable bonds is 3. The molecule has 1 N–H and O–H groups in total. The van der Waals surface area contributed by atoms with Gasteiger partial charge in [-0.05, 0) is 22.5 Å². The van der Waals surface area contributed by atoms with E-state index in [2.05, 4.69) is 20.8 Å². The van der Waals surface area contributed by atoms with E-state index in [1.165, 1.54) is 6.08 Å². The molecule has 0 fully saturated rings. The molecule has 0 aliphatic heterocycles. The fourth-order valence-electron chi connectivity index (χ4n) is 2.13. The summed E-state index contributed by atoms with van der Waals surface area (Å²) in [7, 11) is 3.71. The SMILES string of the molecule is CN(C)/C=C/C(=O)c1cc(C(C)(C)C)cc(C(C)(C)C)c1O. The highest BCUT2D eigenvalue weighted by atomic mass is 16.3. The molecule has 3 nitrogen and oxygen atoms in total. The van der Waals surface area contributed by atoms with Gasteiger partial charge in [0.15, 0.2) is 5.78 Å². The predicted octanol–water partition coefficient (Wildman–Crippen LogP) is 4.25. The Balaban J connectivity index is 3.53. The molecule has 0 aliphatic rings. The van der Waals surface area contributed by atoms with Gasteiger partial charge in [-0.1, -0.05) is 47.6 Å². The molecule has 0 aromatic heterocycles. The van der Waals surface area contributed by atoms with Crippen molar-refractivity contribution in [3.63, 3.8) is 0 Å². The molecular weight excluding hydrogens is 274 g/mol. The fraction of sp³-hybridized carbons (Fsp3) is 0.526. The third kappa shape index (κ3) is 4.36. The van der Waals surface area contributed by atoms with Gasteiger partial charge in [-0.15, -0.1) is 0 Å². The maximum atomic E-state index is 12.5. The zero-order valence-corrected chi connectivity index (χ0v) is 15.1. The van der Waals surface area contributed by atoms with E-state index in [0.717, 1.165) is 11.1 Å². The van der Waals surface area contributed by atoms with E-state index in [1.807, 2.05) is 47.0 Å². The number of carbonyl (C=O) groups excluding carboxylic acids is 1. The summed E-state index contributed by atoms with van der Waals surface area (Å²) in [6.45, 7) is 12.4. The minimum Gasteiger partial charge on any atom is -0.507 e. The Hall–Kier alpha value is -1.77. The largest absolute Gasteiger partial charge is 0.507 e. The van der Waals surface area contributed by atoms with Gasteiger partial charge in [0.2, 0.25) is 0 Å². The molecule has 0 unspecified atom stereocenters. The molecule has 3 heteroatoms. The first kappa shape index (κ1) is 18.3. The smallest absolute Gasteiger partial charge is 0.191 e. The van der Waals surface area contributed by atoms with Crippen molar-refractivity contribution < 1.29 is 9.90 Å². The molecule has 0 bridgehead atoms. The highest BCUT2D eigenvalue weighted by Crippen LogP contribution is 2.37. The van der Waals surface area contributed by atoms with E-state index in [-0.39, 0.29) is 22.4 Å².